The van der Waals surface area contributed by atoms with Crippen molar-refractivity contribution >= 4 is 22.4 Å². The largest absolute Gasteiger partial charge is 0.437 e. The van der Waals surface area contributed by atoms with Crippen LogP contribution in [0.2, 0.25) is 0 Å². The van der Waals surface area contributed by atoms with Crippen LogP contribution in [0, 0.1) is 12.8 Å². The van der Waals surface area contributed by atoms with E-state index in [0.717, 1.165) is 33.3 Å². The van der Waals surface area contributed by atoms with Crippen LogP contribution in [0.25, 0.3) is 22.0 Å². The number of benzene rings is 2. The van der Waals surface area contributed by atoms with E-state index in [0.29, 0.717) is 18.1 Å². The van der Waals surface area contributed by atoms with Gasteiger partial charge in [0, 0.05) is 35.4 Å². The molecule has 1 atom stereocenters. The minimum absolute atomic E-state index is 0.178. The number of pyridine rings is 1. The van der Waals surface area contributed by atoms with Gasteiger partial charge in [-0.2, -0.15) is 0 Å². The van der Waals surface area contributed by atoms with Gasteiger partial charge in [0.15, 0.2) is 0 Å². The quantitative estimate of drug-likeness (QED) is 0.387. The average Bonchev–Trinajstić information content (AvgIpc) is 2.79. The first-order valence-corrected chi connectivity index (χ1v) is 10.6. The Hall–Kier alpha value is -3.71. The number of rotatable bonds is 7. The molecule has 0 aliphatic carbocycles. The number of aromatic nitrogens is 3. The third kappa shape index (κ3) is 4.48. The van der Waals surface area contributed by atoms with Gasteiger partial charge in [0.2, 0.25) is 11.8 Å². The van der Waals surface area contributed by atoms with Gasteiger partial charge in [0.05, 0.1) is 17.4 Å². The molecule has 2 heterocycles. The molecule has 0 spiro atoms. The van der Waals surface area contributed by atoms with E-state index in [-0.39, 0.29) is 11.9 Å². The van der Waals surface area contributed by atoms with Gasteiger partial charge in [0.25, 0.3) is 0 Å². The Morgan fingerprint density at radius 2 is 1.84 bits per heavy atom. The van der Waals surface area contributed by atoms with Crippen LogP contribution in [0.5, 0.6) is 11.6 Å². The molecule has 0 aliphatic rings. The summed E-state index contributed by atoms with van der Waals surface area (Å²) in [4.78, 5) is 12.7. The summed E-state index contributed by atoms with van der Waals surface area (Å²) in [7, 11) is 0. The maximum absolute atomic E-state index is 10.2. The van der Waals surface area contributed by atoms with Crippen molar-refractivity contribution in [3.8, 4) is 22.9 Å². The van der Waals surface area contributed by atoms with Crippen LogP contribution in [-0.2, 0) is 0 Å². The predicted molar refractivity (Wildman–Crippen MR) is 128 cm³/mol. The van der Waals surface area contributed by atoms with Gasteiger partial charge in [0.1, 0.15) is 5.75 Å². The van der Waals surface area contributed by atoms with E-state index in [2.05, 4.69) is 26.3 Å². The summed E-state index contributed by atoms with van der Waals surface area (Å²) in [6, 6.07) is 15.6. The summed E-state index contributed by atoms with van der Waals surface area (Å²) >= 11 is 0. The Balaban J connectivity index is 1.73. The van der Waals surface area contributed by atoms with Crippen LogP contribution in [0.3, 0.4) is 0 Å². The van der Waals surface area contributed by atoms with Crippen molar-refractivity contribution in [2.45, 2.75) is 26.9 Å². The Morgan fingerprint density at radius 3 is 2.62 bits per heavy atom. The molecule has 4 rings (SSSR count). The Labute approximate surface area is 187 Å². The summed E-state index contributed by atoms with van der Waals surface area (Å²) in [5.41, 5.74) is 9.07. The van der Waals surface area contributed by atoms with E-state index in [9.17, 15) is 5.11 Å². The monoisotopic (exact) mass is 429 g/mol. The standard InChI is InChI=1S/C25H27N5O2/c1-15(2)22(31)14-29-20-8-4-6-18-17(20)10-9-16(3)23(18)32-24-19(7-5-12-27-24)21-11-13-28-25(26)30-21/h4-13,15,22,29,31H,14H2,1-3H3,(H2,26,28,30). The molecule has 0 saturated carbocycles. The van der Waals surface area contributed by atoms with Gasteiger partial charge in [-0.05, 0) is 42.7 Å². The number of aliphatic hydroxyl groups is 1. The second-order valence-electron chi connectivity index (χ2n) is 8.06. The minimum atomic E-state index is -0.428. The van der Waals surface area contributed by atoms with Crippen molar-refractivity contribution in [1.29, 1.82) is 0 Å². The zero-order valence-corrected chi connectivity index (χ0v) is 18.4. The molecule has 4 N–H and O–H groups in total. The van der Waals surface area contributed by atoms with E-state index in [1.165, 1.54) is 0 Å². The fraction of sp³-hybridized carbons (Fsp3) is 0.240. The minimum Gasteiger partial charge on any atom is -0.437 e. The highest BCUT2D eigenvalue weighted by atomic mass is 16.5. The van der Waals surface area contributed by atoms with Crippen molar-refractivity contribution in [2.24, 2.45) is 5.92 Å². The topological polar surface area (TPSA) is 106 Å². The number of ether oxygens (including phenoxy) is 1. The van der Waals surface area contributed by atoms with Gasteiger partial charge in [-0.15, -0.1) is 0 Å². The van der Waals surface area contributed by atoms with E-state index < -0.39 is 6.10 Å². The molecule has 164 valence electrons. The molecular formula is C25H27N5O2. The van der Waals surface area contributed by atoms with E-state index in [1.54, 1.807) is 18.5 Å². The van der Waals surface area contributed by atoms with Crippen LogP contribution < -0.4 is 15.8 Å². The zero-order chi connectivity index (χ0) is 22.7. The van der Waals surface area contributed by atoms with Crippen molar-refractivity contribution in [3.05, 3.63) is 66.5 Å². The number of aliphatic hydroxyl groups excluding tert-OH is 1. The number of anilines is 2. The molecule has 2 aromatic carbocycles. The molecule has 0 fully saturated rings. The van der Waals surface area contributed by atoms with Crippen LogP contribution in [0.4, 0.5) is 11.6 Å². The summed E-state index contributed by atoms with van der Waals surface area (Å²) in [6.07, 6.45) is 2.87. The number of nitrogens with one attached hydrogen (secondary N) is 1. The third-order valence-electron chi connectivity index (χ3n) is 5.40. The summed E-state index contributed by atoms with van der Waals surface area (Å²) in [5.74, 6) is 1.53. The molecule has 2 aromatic heterocycles. The number of hydrogen-bond donors (Lipinski definition) is 3. The molecule has 7 nitrogen and oxygen atoms in total. The Morgan fingerprint density at radius 1 is 1.00 bits per heavy atom. The fourth-order valence-corrected chi connectivity index (χ4v) is 3.47. The van der Waals surface area contributed by atoms with Crippen LogP contribution in [0.1, 0.15) is 19.4 Å². The van der Waals surface area contributed by atoms with Crippen molar-refractivity contribution in [3.63, 3.8) is 0 Å². The SMILES string of the molecule is Cc1ccc2c(NCC(O)C(C)C)cccc2c1Oc1ncccc1-c1ccnc(N)n1. The molecular weight excluding hydrogens is 402 g/mol. The fourth-order valence-electron chi connectivity index (χ4n) is 3.47. The normalized spacial score (nSPS) is 12.2. The first-order valence-electron chi connectivity index (χ1n) is 10.6. The van der Waals surface area contributed by atoms with Gasteiger partial charge in [-0.3, -0.25) is 0 Å². The van der Waals surface area contributed by atoms with E-state index in [1.807, 2.05) is 57.2 Å². The van der Waals surface area contributed by atoms with Gasteiger partial charge in [-0.1, -0.05) is 38.1 Å². The second kappa shape index (κ2) is 9.20. The number of aryl methyl sites for hydroxylation is 1. The number of fused-ring (bicyclic) bond motifs is 1. The molecule has 1 unspecified atom stereocenters. The van der Waals surface area contributed by atoms with Gasteiger partial charge in [-0.25, -0.2) is 15.0 Å². The number of nitrogen functional groups attached to an aromatic ring is 1. The molecule has 0 radical (unpaired) electrons. The number of nitrogens with two attached hydrogens (primary N) is 1. The molecule has 0 aliphatic heterocycles. The van der Waals surface area contributed by atoms with Crippen molar-refractivity contribution < 1.29 is 9.84 Å². The molecule has 0 bridgehead atoms. The third-order valence-corrected chi connectivity index (χ3v) is 5.40. The molecule has 32 heavy (non-hydrogen) atoms. The first kappa shape index (κ1) is 21.5. The maximum atomic E-state index is 10.2. The number of nitrogens with zero attached hydrogens (tertiary/aromatic N) is 3. The zero-order valence-electron chi connectivity index (χ0n) is 18.4. The summed E-state index contributed by atoms with van der Waals surface area (Å²) in [5, 5.41) is 15.5. The smallest absolute Gasteiger partial charge is 0.228 e. The highest BCUT2D eigenvalue weighted by molar-refractivity contribution is 5.98. The predicted octanol–water partition coefficient (Wildman–Crippen LogP) is 4.80. The lowest BCUT2D eigenvalue weighted by atomic mass is 10.0. The molecule has 0 saturated heterocycles. The lowest BCUT2D eigenvalue weighted by Crippen LogP contribution is -2.24. The van der Waals surface area contributed by atoms with E-state index in [4.69, 9.17) is 10.5 Å². The van der Waals surface area contributed by atoms with Gasteiger partial charge >= 0.3 is 0 Å². The lowest BCUT2D eigenvalue weighted by Gasteiger charge is -2.18. The average molecular weight is 430 g/mol. The Kier molecular flexibility index (Phi) is 6.18. The van der Waals surface area contributed by atoms with Crippen LogP contribution >= 0.6 is 0 Å². The highest BCUT2D eigenvalue weighted by Gasteiger charge is 2.16. The van der Waals surface area contributed by atoms with Crippen LogP contribution in [0.15, 0.2) is 60.9 Å². The number of hydrogen-bond acceptors (Lipinski definition) is 7. The first-order chi connectivity index (χ1) is 15.4. The summed E-state index contributed by atoms with van der Waals surface area (Å²) in [6.45, 7) is 6.48. The van der Waals surface area contributed by atoms with Gasteiger partial charge < -0.3 is 20.9 Å². The van der Waals surface area contributed by atoms with Crippen LogP contribution in [-0.4, -0.2) is 32.7 Å². The molecule has 4 aromatic rings. The Bertz CT molecular complexity index is 1240. The van der Waals surface area contributed by atoms with Crippen molar-refractivity contribution in [2.75, 3.05) is 17.6 Å². The maximum Gasteiger partial charge on any atom is 0.228 e. The highest BCUT2D eigenvalue weighted by Crippen LogP contribution is 2.38. The molecule has 0 amide bonds. The molecule has 7 heteroatoms. The summed E-state index contributed by atoms with van der Waals surface area (Å²) < 4.78 is 6.38. The van der Waals surface area contributed by atoms with E-state index >= 15 is 0 Å². The second-order valence-corrected chi connectivity index (χ2v) is 8.06. The lowest BCUT2D eigenvalue weighted by molar-refractivity contribution is 0.138. The van der Waals surface area contributed by atoms with Crippen molar-refractivity contribution in [1.82, 2.24) is 15.0 Å².